The first-order chi connectivity index (χ1) is 9.15. The summed E-state index contributed by atoms with van der Waals surface area (Å²) in [6.07, 6.45) is 1.69. The van der Waals surface area contributed by atoms with Crippen molar-refractivity contribution in [2.24, 2.45) is 0 Å². The fourth-order valence-corrected chi connectivity index (χ4v) is 2.39. The van der Waals surface area contributed by atoms with E-state index in [-0.39, 0.29) is 0 Å². The van der Waals surface area contributed by atoms with Crippen LogP contribution in [0.4, 0.5) is 0 Å². The zero-order chi connectivity index (χ0) is 13.4. The Morgan fingerprint density at radius 2 is 1.74 bits per heavy atom. The minimum atomic E-state index is 0.393. The summed E-state index contributed by atoms with van der Waals surface area (Å²) in [7, 11) is 0. The lowest BCUT2D eigenvalue weighted by Gasteiger charge is -2.07. The monoisotopic (exact) mass is 308 g/mol. The predicted octanol–water partition coefficient (Wildman–Crippen LogP) is 5.26. The number of rotatable bonds is 1. The quantitative estimate of drug-likeness (QED) is 0.573. The Labute approximate surface area is 125 Å². The van der Waals surface area contributed by atoms with Crippen molar-refractivity contribution < 1.29 is 0 Å². The average molecular weight is 310 g/mol. The molecule has 3 aromatic rings. The molecular formula is C14H7Cl3N2. The second-order valence-corrected chi connectivity index (χ2v) is 5.18. The van der Waals surface area contributed by atoms with Crippen LogP contribution in [0.5, 0.6) is 0 Å². The molecule has 5 heteroatoms. The summed E-state index contributed by atoms with van der Waals surface area (Å²) < 4.78 is 0. The van der Waals surface area contributed by atoms with E-state index < -0.39 is 0 Å². The maximum absolute atomic E-state index is 6.20. The largest absolute Gasteiger partial charge is 0.237 e. The molecule has 2 nitrogen and oxygen atoms in total. The fourth-order valence-electron chi connectivity index (χ4n) is 1.85. The van der Waals surface area contributed by atoms with E-state index in [1.54, 1.807) is 18.3 Å². The Kier molecular flexibility index (Phi) is 3.31. The van der Waals surface area contributed by atoms with Crippen molar-refractivity contribution in [2.45, 2.75) is 0 Å². The van der Waals surface area contributed by atoms with Crippen LogP contribution in [-0.4, -0.2) is 9.97 Å². The molecule has 0 saturated carbocycles. The third-order valence-corrected chi connectivity index (χ3v) is 3.80. The van der Waals surface area contributed by atoms with E-state index in [2.05, 4.69) is 9.97 Å². The SMILES string of the molecule is Clc1ccc(-c2cc3cccnc3nc2Cl)cc1Cl. The van der Waals surface area contributed by atoms with Crippen molar-refractivity contribution in [3.05, 3.63) is 57.8 Å². The molecule has 0 aliphatic rings. The van der Waals surface area contributed by atoms with Crippen molar-refractivity contribution in [3.63, 3.8) is 0 Å². The second kappa shape index (κ2) is 4.97. The Morgan fingerprint density at radius 1 is 0.895 bits per heavy atom. The van der Waals surface area contributed by atoms with Crippen LogP contribution in [0.2, 0.25) is 15.2 Å². The van der Waals surface area contributed by atoms with Crippen LogP contribution < -0.4 is 0 Å². The third-order valence-electron chi connectivity index (χ3n) is 2.77. The molecule has 0 bridgehead atoms. The Bertz CT molecular complexity index is 772. The van der Waals surface area contributed by atoms with Crippen LogP contribution >= 0.6 is 34.8 Å². The molecule has 0 N–H and O–H groups in total. The van der Waals surface area contributed by atoms with Gasteiger partial charge in [0.05, 0.1) is 10.0 Å². The van der Waals surface area contributed by atoms with Gasteiger partial charge in [-0.3, -0.25) is 0 Å². The normalized spacial score (nSPS) is 10.9. The zero-order valence-electron chi connectivity index (χ0n) is 9.57. The Balaban J connectivity index is 2.23. The maximum atomic E-state index is 6.20. The van der Waals surface area contributed by atoms with Gasteiger partial charge in [0.15, 0.2) is 5.65 Å². The molecule has 0 amide bonds. The van der Waals surface area contributed by atoms with E-state index in [1.165, 1.54) is 0 Å². The molecule has 0 radical (unpaired) electrons. The maximum Gasteiger partial charge on any atom is 0.160 e. The van der Waals surface area contributed by atoms with Gasteiger partial charge >= 0.3 is 0 Å². The molecule has 2 heterocycles. The minimum absolute atomic E-state index is 0.393. The summed E-state index contributed by atoms with van der Waals surface area (Å²) >= 11 is 18.1. The lowest BCUT2D eigenvalue weighted by molar-refractivity contribution is 1.29. The Morgan fingerprint density at radius 3 is 2.53 bits per heavy atom. The van der Waals surface area contributed by atoms with Gasteiger partial charge < -0.3 is 0 Å². The van der Waals surface area contributed by atoms with Crippen LogP contribution in [0.3, 0.4) is 0 Å². The first kappa shape index (κ1) is 12.7. The van der Waals surface area contributed by atoms with Crippen LogP contribution in [0, 0.1) is 0 Å². The molecule has 3 rings (SSSR count). The summed E-state index contributed by atoms with van der Waals surface area (Å²) in [5.74, 6) is 0. The van der Waals surface area contributed by atoms with Crippen LogP contribution in [-0.2, 0) is 0 Å². The lowest BCUT2D eigenvalue weighted by atomic mass is 10.1. The molecule has 0 saturated heterocycles. The number of benzene rings is 1. The van der Waals surface area contributed by atoms with Crippen LogP contribution in [0.25, 0.3) is 22.2 Å². The smallest absolute Gasteiger partial charge is 0.160 e. The summed E-state index contributed by atoms with van der Waals surface area (Å²) in [4.78, 5) is 8.45. The van der Waals surface area contributed by atoms with Gasteiger partial charge in [-0.05, 0) is 35.9 Å². The number of fused-ring (bicyclic) bond motifs is 1. The number of hydrogen-bond acceptors (Lipinski definition) is 2. The van der Waals surface area contributed by atoms with Gasteiger partial charge in [-0.25, -0.2) is 9.97 Å². The molecule has 0 fully saturated rings. The van der Waals surface area contributed by atoms with Gasteiger partial charge in [0, 0.05) is 17.1 Å². The molecule has 0 unspecified atom stereocenters. The van der Waals surface area contributed by atoms with Gasteiger partial charge in [0.25, 0.3) is 0 Å². The highest BCUT2D eigenvalue weighted by atomic mass is 35.5. The standard InChI is InChI=1S/C14H7Cl3N2/c15-11-4-3-8(7-12(11)16)10-6-9-2-1-5-18-14(9)19-13(10)17/h1-7H. The number of hydrogen-bond donors (Lipinski definition) is 0. The summed E-state index contributed by atoms with van der Waals surface area (Å²) in [5.41, 5.74) is 2.30. The van der Waals surface area contributed by atoms with Crippen molar-refractivity contribution >= 4 is 45.8 Å². The highest BCUT2D eigenvalue weighted by Gasteiger charge is 2.09. The number of halogens is 3. The van der Waals surface area contributed by atoms with Gasteiger partial charge in [0.2, 0.25) is 0 Å². The summed E-state index contributed by atoms with van der Waals surface area (Å²) in [6.45, 7) is 0. The van der Waals surface area contributed by atoms with Crippen molar-refractivity contribution in [3.8, 4) is 11.1 Å². The van der Waals surface area contributed by atoms with E-state index in [0.717, 1.165) is 16.5 Å². The number of nitrogens with zero attached hydrogens (tertiary/aromatic N) is 2. The highest BCUT2D eigenvalue weighted by Crippen LogP contribution is 2.33. The molecule has 19 heavy (non-hydrogen) atoms. The van der Waals surface area contributed by atoms with Crippen LogP contribution in [0.15, 0.2) is 42.6 Å². The van der Waals surface area contributed by atoms with Crippen molar-refractivity contribution in [1.82, 2.24) is 9.97 Å². The fraction of sp³-hybridized carbons (Fsp3) is 0. The van der Waals surface area contributed by atoms with E-state index >= 15 is 0 Å². The van der Waals surface area contributed by atoms with E-state index in [1.807, 2.05) is 24.3 Å². The highest BCUT2D eigenvalue weighted by molar-refractivity contribution is 6.42. The molecule has 94 valence electrons. The molecule has 1 aromatic carbocycles. The molecule has 2 aromatic heterocycles. The number of pyridine rings is 2. The zero-order valence-corrected chi connectivity index (χ0v) is 11.8. The first-order valence-electron chi connectivity index (χ1n) is 5.52. The van der Waals surface area contributed by atoms with Gasteiger partial charge in [-0.2, -0.15) is 0 Å². The minimum Gasteiger partial charge on any atom is -0.237 e. The van der Waals surface area contributed by atoms with Gasteiger partial charge in [0.1, 0.15) is 5.15 Å². The molecule has 0 atom stereocenters. The summed E-state index contributed by atoms with van der Waals surface area (Å²) in [5, 5.41) is 2.32. The first-order valence-corrected chi connectivity index (χ1v) is 6.65. The number of aromatic nitrogens is 2. The topological polar surface area (TPSA) is 25.8 Å². The molecular weight excluding hydrogens is 303 g/mol. The molecule has 0 aliphatic carbocycles. The van der Waals surface area contributed by atoms with E-state index in [0.29, 0.717) is 20.8 Å². The predicted molar refractivity (Wildman–Crippen MR) is 80.0 cm³/mol. The molecule has 0 aliphatic heterocycles. The lowest BCUT2D eigenvalue weighted by Crippen LogP contribution is -1.88. The second-order valence-electron chi connectivity index (χ2n) is 4.01. The summed E-state index contributed by atoms with van der Waals surface area (Å²) in [6, 6.07) is 11.1. The van der Waals surface area contributed by atoms with Crippen molar-refractivity contribution in [2.75, 3.05) is 0 Å². The van der Waals surface area contributed by atoms with E-state index in [9.17, 15) is 0 Å². The van der Waals surface area contributed by atoms with Gasteiger partial charge in [-0.1, -0.05) is 40.9 Å². The van der Waals surface area contributed by atoms with Crippen molar-refractivity contribution in [1.29, 1.82) is 0 Å². The average Bonchev–Trinajstić information content (AvgIpc) is 2.41. The molecule has 0 spiro atoms. The third kappa shape index (κ3) is 2.39. The van der Waals surface area contributed by atoms with E-state index in [4.69, 9.17) is 34.8 Å². The van der Waals surface area contributed by atoms with Gasteiger partial charge in [-0.15, -0.1) is 0 Å². The Hall–Kier alpha value is -1.35. The van der Waals surface area contributed by atoms with Crippen LogP contribution in [0.1, 0.15) is 0 Å².